The Bertz CT molecular complexity index is 722. The molecule has 2 amide bonds. The number of hydrogen-bond donors (Lipinski definition) is 1. The first-order chi connectivity index (χ1) is 11.8. The van der Waals surface area contributed by atoms with Crippen molar-refractivity contribution in [2.75, 3.05) is 6.54 Å². The monoisotopic (exact) mass is 340 g/mol. The standard InChI is InChI=1S/C20H24N2O3/c1-20(2,3)21-18(23)17-16-13(14-9-10-15(16)25-14)11-22(17)19(24)12-7-5-4-6-8-12/h4-10,13-17H,11H2,1-3H3,(H,21,23)/t13-,14-,15+,16-,17+/m1/s1. The first kappa shape index (κ1) is 16.3. The fourth-order valence-corrected chi connectivity index (χ4v) is 4.32. The van der Waals surface area contributed by atoms with Crippen LogP contribution in [-0.4, -0.2) is 47.0 Å². The van der Waals surface area contributed by atoms with Gasteiger partial charge in [-0.3, -0.25) is 9.59 Å². The molecule has 132 valence electrons. The lowest BCUT2D eigenvalue weighted by Crippen LogP contribution is -2.54. The van der Waals surface area contributed by atoms with Crippen molar-refractivity contribution >= 4 is 11.8 Å². The van der Waals surface area contributed by atoms with E-state index in [4.69, 9.17) is 4.74 Å². The SMILES string of the molecule is CC(C)(C)NC(=O)[C@@H]1[C@@H]2[C@H](CN1C(=O)c1ccccc1)[C@H]1C=C[C@@H]2O1. The second-order valence-corrected chi connectivity index (χ2v) is 8.20. The fourth-order valence-electron chi connectivity index (χ4n) is 4.32. The molecule has 0 saturated carbocycles. The Kier molecular flexibility index (Phi) is 3.72. The maximum absolute atomic E-state index is 13.1. The van der Waals surface area contributed by atoms with Crippen LogP contribution in [0.5, 0.6) is 0 Å². The Morgan fingerprint density at radius 2 is 1.80 bits per heavy atom. The van der Waals surface area contributed by atoms with Gasteiger partial charge in [0.15, 0.2) is 0 Å². The minimum Gasteiger partial charge on any atom is -0.366 e. The van der Waals surface area contributed by atoms with Gasteiger partial charge in [0, 0.05) is 29.5 Å². The number of fused-ring (bicyclic) bond motifs is 5. The van der Waals surface area contributed by atoms with E-state index in [1.165, 1.54) is 0 Å². The van der Waals surface area contributed by atoms with Crippen LogP contribution in [-0.2, 0) is 9.53 Å². The molecular formula is C20H24N2O3. The summed E-state index contributed by atoms with van der Waals surface area (Å²) in [6.07, 6.45) is 4.06. The largest absolute Gasteiger partial charge is 0.366 e. The highest BCUT2D eigenvalue weighted by Crippen LogP contribution is 2.47. The highest BCUT2D eigenvalue weighted by molar-refractivity contribution is 5.98. The average molecular weight is 340 g/mol. The Hall–Kier alpha value is -2.14. The Morgan fingerprint density at radius 3 is 2.48 bits per heavy atom. The van der Waals surface area contributed by atoms with E-state index in [1.807, 2.05) is 45.0 Å². The molecule has 1 aromatic rings. The van der Waals surface area contributed by atoms with Crippen LogP contribution < -0.4 is 5.32 Å². The van der Waals surface area contributed by atoms with E-state index < -0.39 is 6.04 Å². The van der Waals surface area contributed by atoms with E-state index in [2.05, 4.69) is 11.4 Å². The number of nitrogens with one attached hydrogen (secondary N) is 1. The van der Waals surface area contributed by atoms with Crippen molar-refractivity contribution in [3.05, 3.63) is 48.0 Å². The summed E-state index contributed by atoms with van der Waals surface area (Å²) >= 11 is 0. The summed E-state index contributed by atoms with van der Waals surface area (Å²) in [4.78, 5) is 27.9. The number of benzene rings is 1. The topological polar surface area (TPSA) is 58.6 Å². The van der Waals surface area contributed by atoms with Crippen LogP contribution in [0.3, 0.4) is 0 Å². The van der Waals surface area contributed by atoms with Gasteiger partial charge in [-0.1, -0.05) is 30.4 Å². The maximum atomic E-state index is 13.1. The second kappa shape index (κ2) is 5.70. The zero-order valence-corrected chi connectivity index (χ0v) is 14.8. The van der Waals surface area contributed by atoms with Crippen LogP contribution >= 0.6 is 0 Å². The summed E-state index contributed by atoms with van der Waals surface area (Å²) in [5.41, 5.74) is 0.280. The third kappa shape index (κ3) is 2.76. The van der Waals surface area contributed by atoms with Crippen molar-refractivity contribution < 1.29 is 14.3 Å². The van der Waals surface area contributed by atoms with E-state index >= 15 is 0 Å². The molecule has 25 heavy (non-hydrogen) atoms. The van der Waals surface area contributed by atoms with Gasteiger partial charge in [0.25, 0.3) is 5.91 Å². The van der Waals surface area contributed by atoms with Crippen LogP contribution in [0.1, 0.15) is 31.1 Å². The summed E-state index contributed by atoms with van der Waals surface area (Å²) in [7, 11) is 0. The number of likely N-dealkylation sites (tertiary alicyclic amines) is 1. The van der Waals surface area contributed by atoms with Crippen LogP contribution in [0.4, 0.5) is 0 Å². The molecule has 1 aromatic carbocycles. The highest BCUT2D eigenvalue weighted by Gasteiger charge is 2.59. The number of rotatable bonds is 2. The molecule has 0 aromatic heterocycles. The minimum atomic E-state index is -0.489. The van der Waals surface area contributed by atoms with Crippen molar-refractivity contribution in [1.82, 2.24) is 10.2 Å². The summed E-state index contributed by atoms with van der Waals surface area (Å²) in [5, 5.41) is 3.06. The molecule has 0 spiro atoms. The highest BCUT2D eigenvalue weighted by atomic mass is 16.5. The van der Waals surface area contributed by atoms with Crippen LogP contribution in [0, 0.1) is 11.8 Å². The molecular weight excluding hydrogens is 316 g/mol. The molecule has 2 bridgehead atoms. The van der Waals surface area contributed by atoms with Gasteiger partial charge < -0.3 is 15.0 Å². The molecule has 5 nitrogen and oxygen atoms in total. The average Bonchev–Trinajstić information content (AvgIpc) is 3.24. The van der Waals surface area contributed by atoms with Gasteiger partial charge in [-0.05, 0) is 32.9 Å². The number of amides is 2. The van der Waals surface area contributed by atoms with Crippen molar-refractivity contribution in [2.24, 2.45) is 11.8 Å². The lowest BCUT2D eigenvalue weighted by Gasteiger charge is -2.31. The minimum absolute atomic E-state index is 0.0218. The van der Waals surface area contributed by atoms with Gasteiger partial charge in [-0.2, -0.15) is 0 Å². The second-order valence-electron chi connectivity index (χ2n) is 8.20. The van der Waals surface area contributed by atoms with Crippen molar-refractivity contribution in [3.8, 4) is 0 Å². The van der Waals surface area contributed by atoms with Gasteiger partial charge in [0.2, 0.25) is 5.91 Å². The first-order valence-electron chi connectivity index (χ1n) is 8.87. The number of ether oxygens (including phenoxy) is 1. The van der Waals surface area contributed by atoms with Crippen molar-refractivity contribution in [1.29, 1.82) is 0 Å². The summed E-state index contributed by atoms with van der Waals surface area (Å²) in [5.74, 6) is 0.0562. The predicted molar refractivity (Wildman–Crippen MR) is 93.9 cm³/mol. The molecule has 3 aliphatic heterocycles. The zero-order chi connectivity index (χ0) is 17.8. The fraction of sp³-hybridized carbons (Fsp3) is 0.500. The van der Waals surface area contributed by atoms with E-state index in [0.717, 1.165) is 0 Å². The third-order valence-electron chi connectivity index (χ3n) is 5.26. The van der Waals surface area contributed by atoms with E-state index in [0.29, 0.717) is 12.1 Å². The summed E-state index contributed by atoms with van der Waals surface area (Å²) in [6.45, 7) is 6.43. The maximum Gasteiger partial charge on any atom is 0.254 e. The zero-order valence-electron chi connectivity index (χ0n) is 14.8. The number of hydrogen-bond acceptors (Lipinski definition) is 3. The molecule has 1 N–H and O–H groups in total. The van der Waals surface area contributed by atoms with Crippen molar-refractivity contribution in [3.63, 3.8) is 0 Å². The molecule has 5 heteroatoms. The van der Waals surface area contributed by atoms with E-state index in [-0.39, 0.29) is 41.4 Å². The third-order valence-corrected chi connectivity index (χ3v) is 5.26. The van der Waals surface area contributed by atoms with Crippen LogP contribution in [0.2, 0.25) is 0 Å². The number of carbonyl (C=O) groups excluding carboxylic acids is 2. The lowest BCUT2D eigenvalue weighted by molar-refractivity contribution is -0.128. The molecule has 4 rings (SSSR count). The molecule has 3 aliphatic rings. The van der Waals surface area contributed by atoms with Gasteiger partial charge in [-0.15, -0.1) is 0 Å². The Balaban J connectivity index is 1.66. The van der Waals surface area contributed by atoms with Gasteiger partial charge >= 0.3 is 0 Å². The predicted octanol–water partition coefficient (Wildman–Crippen LogP) is 2.00. The van der Waals surface area contributed by atoms with Gasteiger partial charge in [-0.25, -0.2) is 0 Å². The molecule has 0 radical (unpaired) electrons. The molecule has 5 atom stereocenters. The summed E-state index contributed by atoms with van der Waals surface area (Å²) < 4.78 is 5.95. The van der Waals surface area contributed by atoms with Crippen LogP contribution in [0.15, 0.2) is 42.5 Å². The van der Waals surface area contributed by atoms with Gasteiger partial charge in [0.05, 0.1) is 12.2 Å². The molecule has 2 saturated heterocycles. The quantitative estimate of drug-likeness (QED) is 0.838. The summed E-state index contributed by atoms with van der Waals surface area (Å²) in [6, 6.07) is 8.71. The van der Waals surface area contributed by atoms with E-state index in [9.17, 15) is 9.59 Å². The van der Waals surface area contributed by atoms with Crippen molar-refractivity contribution in [2.45, 2.75) is 44.6 Å². The Morgan fingerprint density at radius 1 is 1.12 bits per heavy atom. The molecule has 2 fully saturated rings. The molecule has 0 aliphatic carbocycles. The van der Waals surface area contributed by atoms with E-state index in [1.54, 1.807) is 17.0 Å². The molecule has 3 heterocycles. The first-order valence-corrected chi connectivity index (χ1v) is 8.87. The smallest absolute Gasteiger partial charge is 0.254 e. The van der Waals surface area contributed by atoms with Crippen LogP contribution in [0.25, 0.3) is 0 Å². The lowest BCUT2D eigenvalue weighted by atomic mass is 9.81. The number of nitrogens with zero attached hydrogens (tertiary/aromatic N) is 1. The number of carbonyl (C=O) groups is 2. The normalized spacial score (nSPS) is 32.8. The van der Waals surface area contributed by atoms with Gasteiger partial charge in [0.1, 0.15) is 6.04 Å². The Labute approximate surface area is 148 Å². The molecule has 0 unspecified atom stereocenters.